The van der Waals surface area contributed by atoms with Gasteiger partial charge in [-0.2, -0.15) is 0 Å². The number of carbonyl (C=O) groups excluding carboxylic acids is 1. The van der Waals surface area contributed by atoms with Crippen molar-refractivity contribution >= 4 is 6.03 Å². The summed E-state index contributed by atoms with van der Waals surface area (Å²) in [6.45, 7) is 6.65. The van der Waals surface area contributed by atoms with Crippen molar-refractivity contribution in [3.05, 3.63) is 59.4 Å². The van der Waals surface area contributed by atoms with Crippen LogP contribution in [0.4, 0.5) is 4.79 Å². The molecule has 3 rings (SSSR count). The molecule has 0 fully saturated rings. The Kier molecular flexibility index (Phi) is 3.09. The predicted molar refractivity (Wildman–Crippen MR) is 74.2 cm³/mol. The second-order valence-electron chi connectivity index (χ2n) is 4.96. The Balaban J connectivity index is 1.73. The van der Waals surface area contributed by atoms with E-state index in [2.05, 4.69) is 46.4 Å². The monoisotopic (exact) mass is 255 g/mol. The fourth-order valence-corrected chi connectivity index (χ4v) is 2.59. The lowest BCUT2D eigenvalue weighted by atomic mass is 10.0. The molecule has 2 aliphatic heterocycles. The Morgan fingerprint density at radius 3 is 2.79 bits per heavy atom. The smallest absolute Gasteiger partial charge is 0.311 e. The molecule has 0 atom stereocenters. The van der Waals surface area contributed by atoms with Crippen LogP contribution in [-0.4, -0.2) is 24.0 Å². The first-order valence-corrected chi connectivity index (χ1v) is 6.48. The quantitative estimate of drug-likeness (QED) is 0.848. The Labute approximate surface area is 112 Å². The fraction of sp³-hybridized carbons (Fsp3) is 0.267. The molecule has 0 aromatic heterocycles. The highest BCUT2D eigenvalue weighted by atomic mass is 16.2. The third kappa shape index (κ3) is 2.53. The van der Waals surface area contributed by atoms with Crippen LogP contribution in [0.25, 0.3) is 0 Å². The molecular weight excluding hydrogens is 238 g/mol. The van der Waals surface area contributed by atoms with Crippen LogP contribution in [-0.2, 0) is 6.54 Å². The lowest BCUT2D eigenvalue weighted by Crippen LogP contribution is -2.46. The van der Waals surface area contributed by atoms with Crippen LogP contribution in [0.2, 0.25) is 0 Å². The van der Waals surface area contributed by atoms with Crippen molar-refractivity contribution in [2.75, 3.05) is 13.1 Å². The van der Waals surface area contributed by atoms with Crippen molar-refractivity contribution in [3.63, 3.8) is 0 Å². The van der Waals surface area contributed by atoms with E-state index in [9.17, 15) is 4.79 Å². The molecule has 0 aliphatic carbocycles. The van der Waals surface area contributed by atoms with Gasteiger partial charge < -0.3 is 10.6 Å². The molecule has 0 unspecified atom stereocenters. The summed E-state index contributed by atoms with van der Waals surface area (Å²) in [5.74, 6) is 0. The van der Waals surface area contributed by atoms with Crippen molar-refractivity contribution < 1.29 is 4.79 Å². The van der Waals surface area contributed by atoms with Gasteiger partial charge in [-0.05, 0) is 5.56 Å². The van der Waals surface area contributed by atoms with Crippen molar-refractivity contribution in [1.29, 1.82) is 0 Å². The minimum atomic E-state index is -0.166. The van der Waals surface area contributed by atoms with E-state index >= 15 is 0 Å². The Morgan fingerprint density at radius 2 is 2.00 bits per heavy atom. The predicted octanol–water partition coefficient (Wildman–Crippen LogP) is 1.97. The summed E-state index contributed by atoms with van der Waals surface area (Å²) in [7, 11) is 0. The van der Waals surface area contributed by atoms with E-state index < -0.39 is 0 Å². The van der Waals surface area contributed by atoms with Crippen molar-refractivity contribution in [1.82, 2.24) is 15.5 Å². The third-order valence-electron chi connectivity index (χ3n) is 3.57. The molecule has 0 bridgehead atoms. The second-order valence-corrected chi connectivity index (χ2v) is 4.96. The highest BCUT2D eigenvalue weighted by molar-refractivity contribution is 5.81. The molecule has 0 saturated carbocycles. The van der Waals surface area contributed by atoms with Crippen LogP contribution in [0.5, 0.6) is 0 Å². The van der Waals surface area contributed by atoms with Crippen molar-refractivity contribution in [2.45, 2.75) is 13.0 Å². The number of urea groups is 1. The number of amides is 2. The Hall–Kier alpha value is -2.07. The number of rotatable bonds is 2. The van der Waals surface area contributed by atoms with Gasteiger partial charge in [0, 0.05) is 43.0 Å². The van der Waals surface area contributed by atoms with Gasteiger partial charge in [-0.25, -0.2) is 4.79 Å². The first-order valence-electron chi connectivity index (χ1n) is 6.48. The van der Waals surface area contributed by atoms with E-state index in [1.165, 1.54) is 5.56 Å². The lowest BCUT2D eigenvalue weighted by Gasteiger charge is -2.34. The van der Waals surface area contributed by atoms with Crippen LogP contribution in [0, 0.1) is 0 Å². The molecule has 0 radical (unpaired) electrons. The van der Waals surface area contributed by atoms with Gasteiger partial charge in [0.05, 0.1) is 0 Å². The maximum absolute atomic E-state index is 11.4. The SMILES string of the molecule is C=C1NC(=O)NC2=C1CN(Cc1ccccc1)CC2. The van der Waals surface area contributed by atoms with Gasteiger partial charge in [-0.15, -0.1) is 0 Å². The highest BCUT2D eigenvalue weighted by Gasteiger charge is 2.26. The molecule has 2 amide bonds. The molecule has 0 spiro atoms. The first-order chi connectivity index (χ1) is 9.22. The normalized spacial score (nSPS) is 19.8. The number of nitrogens with one attached hydrogen (secondary N) is 2. The molecule has 4 heteroatoms. The molecule has 19 heavy (non-hydrogen) atoms. The van der Waals surface area contributed by atoms with Crippen molar-refractivity contribution in [2.24, 2.45) is 0 Å². The van der Waals surface area contributed by atoms with E-state index in [1.807, 2.05) is 6.07 Å². The van der Waals surface area contributed by atoms with E-state index in [0.717, 1.165) is 43.0 Å². The number of nitrogens with zero attached hydrogens (tertiary/aromatic N) is 1. The van der Waals surface area contributed by atoms with Gasteiger partial charge in [0.25, 0.3) is 0 Å². The average molecular weight is 255 g/mol. The number of hydrogen-bond acceptors (Lipinski definition) is 2. The minimum absolute atomic E-state index is 0.166. The van der Waals surface area contributed by atoms with Gasteiger partial charge in [0.2, 0.25) is 0 Å². The van der Waals surface area contributed by atoms with Gasteiger partial charge >= 0.3 is 6.03 Å². The molecule has 2 heterocycles. The Morgan fingerprint density at radius 1 is 1.21 bits per heavy atom. The number of hydrogen-bond donors (Lipinski definition) is 2. The molecule has 4 nitrogen and oxygen atoms in total. The summed E-state index contributed by atoms with van der Waals surface area (Å²) in [6, 6.07) is 10.3. The van der Waals surface area contributed by atoms with E-state index in [4.69, 9.17) is 0 Å². The van der Waals surface area contributed by atoms with Crippen LogP contribution in [0.3, 0.4) is 0 Å². The summed E-state index contributed by atoms with van der Waals surface area (Å²) >= 11 is 0. The Bertz CT molecular complexity index is 548. The zero-order chi connectivity index (χ0) is 13.2. The molecule has 0 saturated heterocycles. The maximum Gasteiger partial charge on any atom is 0.323 e. The number of benzene rings is 1. The van der Waals surface area contributed by atoms with E-state index in [1.54, 1.807) is 0 Å². The summed E-state index contributed by atoms with van der Waals surface area (Å²) in [4.78, 5) is 13.7. The largest absolute Gasteiger partial charge is 0.323 e. The topological polar surface area (TPSA) is 44.4 Å². The first kappa shape index (κ1) is 12.0. The van der Waals surface area contributed by atoms with E-state index in [0.29, 0.717) is 0 Å². The summed E-state index contributed by atoms with van der Waals surface area (Å²) in [6.07, 6.45) is 0.870. The fourth-order valence-electron chi connectivity index (χ4n) is 2.59. The van der Waals surface area contributed by atoms with Crippen LogP contribution < -0.4 is 10.6 Å². The standard InChI is InChI=1S/C15H17N3O/c1-11-13-10-18(9-12-5-3-2-4-6-12)8-7-14(13)17-15(19)16-11/h2-6H,1,7-10H2,(H2,16,17,19). The van der Waals surface area contributed by atoms with Gasteiger partial charge in [0.1, 0.15) is 0 Å². The highest BCUT2D eigenvalue weighted by Crippen LogP contribution is 2.23. The summed E-state index contributed by atoms with van der Waals surface area (Å²) in [5, 5.41) is 5.61. The van der Waals surface area contributed by atoms with Crippen molar-refractivity contribution in [3.8, 4) is 0 Å². The van der Waals surface area contributed by atoms with Crippen LogP contribution in [0.15, 0.2) is 53.9 Å². The van der Waals surface area contributed by atoms with Gasteiger partial charge in [0.15, 0.2) is 0 Å². The lowest BCUT2D eigenvalue weighted by molar-refractivity contribution is 0.237. The molecule has 2 aliphatic rings. The second kappa shape index (κ2) is 4.90. The molecule has 98 valence electrons. The van der Waals surface area contributed by atoms with Gasteiger partial charge in [-0.1, -0.05) is 36.9 Å². The zero-order valence-corrected chi connectivity index (χ0v) is 10.8. The minimum Gasteiger partial charge on any atom is -0.311 e. The summed E-state index contributed by atoms with van der Waals surface area (Å²) in [5.41, 5.74) is 4.20. The van der Waals surface area contributed by atoms with Crippen LogP contribution in [0.1, 0.15) is 12.0 Å². The molecule has 1 aromatic rings. The molecule has 1 aromatic carbocycles. The zero-order valence-electron chi connectivity index (χ0n) is 10.8. The average Bonchev–Trinajstić information content (AvgIpc) is 2.40. The molecule has 2 N–H and O–H groups in total. The third-order valence-corrected chi connectivity index (χ3v) is 3.57. The number of carbonyl (C=O) groups is 1. The van der Waals surface area contributed by atoms with Crippen LogP contribution >= 0.6 is 0 Å². The van der Waals surface area contributed by atoms with Gasteiger partial charge in [-0.3, -0.25) is 4.90 Å². The van der Waals surface area contributed by atoms with E-state index in [-0.39, 0.29) is 6.03 Å². The maximum atomic E-state index is 11.4. The summed E-state index contributed by atoms with van der Waals surface area (Å²) < 4.78 is 0. The molecular formula is C15H17N3O.